The maximum absolute atomic E-state index is 12.9. The van der Waals surface area contributed by atoms with Gasteiger partial charge in [-0.3, -0.25) is 4.79 Å². The third kappa shape index (κ3) is 2.61. The summed E-state index contributed by atoms with van der Waals surface area (Å²) in [5.41, 5.74) is 0.407. The Bertz CT molecular complexity index is 401. The van der Waals surface area contributed by atoms with Gasteiger partial charge in [0, 0.05) is 11.0 Å². The number of hydrogen-bond acceptors (Lipinski definition) is 2. The highest BCUT2D eigenvalue weighted by molar-refractivity contribution is 6.00. The van der Waals surface area contributed by atoms with Gasteiger partial charge in [0.1, 0.15) is 5.82 Å². The largest absolute Gasteiger partial charge is 0.317 e. The molecule has 98 valence electrons. The molecule has 1 aromatic carbocycles. The van der Waals surface area contributed by atoms with Crippen LogP contribution >= 0.6 is 0 Å². The van der Waals surface area contributed by atoms with Gasteiger partial charge in [0.05, 0.1) is 0 Å². The van der Waals surface area contributed by atoms with Gasteiger partial charge in [-0.15, -0.1) is 0 Å². The average Bonchev–Trinajstić information content (AvgIpc) is 2.40. The van der Waals surface area contributed by atoms with Crippen molar-refractivity contribution in [3.05, 3.63) is 35.6 Å². The maximum atomic E-state index is 12.9. The Labute approximate surface area is 108 Å². The number of piperidine rings is 1. The lowest BCUT2D eigenvalue weighted by Crippen LogP contribution is -2.42. The van der Waals surface area contributed by atoms with E-state index < -0.39 is 0 Å². The molecule has 2 rings (SSSR count). The van der Waals surface area contributed by atoms with Crippen molar-refractivity contribution in [3.63, 3.8) is 0 Å². The molecule has 1 aliphatic heterocycles. The first kappa shape index (κ1) is 13.2. The summed E-state index contributed by atoms with van der Waals surface area (Å²) in [7, 11) is 0. The van der Waals surface area contributed by atoms with Gasteiger partial charge in [-0.1, -0.05) is 13.3 Å². The van der Waals surface area contributed by atoms with Crippen LogP contribution in [0.25, 0.3) is 0 Å². The topological polar surface area (TPSA) is 29.1 Å². The summed E-state index contributed by atoms with van der Waals surface area (Å²) < 4.78 is 12.9. The van der Waals surface area contributed by atoms with E-state index in [0.717, 1.165) is 38.8 Å². The fraction of sp³-hybridized carbons (Fsp3) is 0.533. The predicted octanol–water partition coefficient (Wildman–Crippen LogP) is 3.18. The van der Waals surface area contributed by atoms with Crippen LogP contribution in [0.1, 0.15) is 43.0 Å². The molecule has 1 aliphatic rings. The molecule has 0 saturated carbocycles. The van der Waals surface area contributed by atoms with E-state index in [1.54, 1.807) is 12.1 Å². The van der Waals surface area contributed by atoms with E-state index in [2.05, 4.69) is 12.2 Å². The molecular weight excluding hydrogens is 229 g/mol. The molecule has 18 heavy (non-hydrogen) atoms. The molecule has 1 saturated heterocycles. The Morgan fingerprint density at radius 3 is 2.44 bits per heavy atom. The van der Waals surface area contributed by atoms with E-state index in [9.17, 15) is 9.18 Å². The second-order valence-electron chi connectivity index (χ2n) is 5.12. The summed E-state index contributed by atoms with van der Waals surface area (Å²) in [6.07, 6.45) is 3.70. The number of benzene rings is 1. The molecule has 0 amide bonds. The molecule has 1 heterocycles. The Balaban J connectivity index is 2.24. The SMILES string of the molecule is CCCC1(C(=O)c2ccc(F)cc2)CCNCC1. The Morgan fingerprint density at radius 2 is 1.89 bits per heavy atom. The smallest absolute Gasteiger partial charge is 0.169 e. The monoisotopic (exact) mass is 249 g/mol. The first-order chi connectivity index (χ1) is 8.68. The van der Waals surface area contributed by atoms with E-state index in [-0.39, 0.29) is 17.0 Å². The van der Waals surface area contributed by atoms with Gasteiger partial charge in [-0.2, -0.15) is 0 Å². The quantitative estimate of drug-likeness (QED) is 0.830. The molecule has 0 spiro atoms. The minimum atomic E-state index is -0.290. The van der Waals surface area contributed by atoms with Crippen LogP contribution in [0.2, 0.25) is 0 Å². The van der Waals surface area contributed by atoms with Crippen molar-refractivity contribution in [2.75, 3.05) is 13.1 Å². The van der Waals surface area contributed by atoms with E-state index in [1.165, 1.54) is 12.1 Å². The number of rotatable bonds is 4. The fourth-order valence-corrected chi connectivity index (χ4v) is 2.88. The number of carbonyl (C=O) groups is 1. The lowest BCUT2D eigenvalue weighted by molar-refractivity contribution is 0.0704. The van der Waals surface area contributed by atoms with Crippen LogP contribution in [0.5, 0.6) is 0 Å². The highest BCUT2D eigenvalue weighted by atomic mass is 19.1. The van der Waals surface area contributed by atoms with Gasteiger partial charge in [0.15, 0.2) is 5.78 Å². The third-order valence-corrected chi connectivity index (χ3v) is 3.88. The number of Topliss-reactive ketones (excluding diaryl/α,β-unsaturated/α-hetero) is 1. The standard InChI is InChI=1S/C15H20FNO/c1-2-7-15(8-10-17-11-9-15)14(18)12-3-5-13(16)6-4-12/h3-6,17H,2,7-11H2,1H3. The Morgan fingerprint density at radius 1 is 1.28 bits per heavy atom. The molecule has 1 aromatic rings. The number of carbonyl (C=O) groups excluding carboxylic acids is 1. The first-order valence-electron chi connectivity index (χ1n) is 6.69. The summed E-state index contributed by atoms with van der Waals surface area (Å²) in [6, 6.07) is 5.95. The molecule has 1 fully saturated rings. The number of ketones is 1. The predicted molar refractivity (Wildman–Crippen MR) is 70.2 cm³/mol. The van der Waals surface area contributed by atoms with E-state index >= 15 is 0 Å². The molecule has 0 unspecified atom stereocenters. The summed E-state index contributed by atoms with van der Waals surface area (Å²) in [5.74, 6) is -0.104. The van der Waals surface area contributed by atoms with Gasteiger partial charge in [-0.25, -0.2) is 4.39 Å². The maximum Gasteiger partial charge on any atom is 0.169 e. The average molecular weight is 249 g/mol. The van der Waals surface area contributed by atoms with Crippen molar-refractivity contribution in [1.29, 1.82) is 0 Å². The molecule has 0 aliphatic carbocycles. The number of hydrogen-bond donors (Lipinski definition) is 1. The van der Waals surface area contributed by atoms with Crippen LogP contribution in [0.3, 0.4) is 0 Å². The number of nitrogens with one attached hydrogen (secondary N) is 1. The van der Waals surface area contributed by atoms with Crippen molar-refractivity contribution < 1.29 is 9.18 Å². The summed E-state index contributed by atoms with van der Waals surface area (Å²) in [4.78, 5) is 12.7. The molecule has 1 N–H and O–H groups in total. The number of halogens is 1. The van der Waals surface area contributed by atoms with E-state index in [0.29, 0.717) is 5.56 Å². The van der Waals surface area contributed by atoms with Gasteiger partial charge in [-0.05, 0) is 56.6 Å². The zero-order chi connectivity index (χ0) is 13.0. The van der Waals surface area contributed by atoms with E-state index in [1.807, 2.05) is 0 Å². The van der Waals surface area contributed by atoms with Crippen LogP contribution in [0, 0.1) is 11.2 Å². The summed E-state index contributed by atoms with van der Waals surface area (Å²) >= 11 is 0. The minimum absolute atomic E-state index is 0.186. The first-order valence-corrected chi connectivity index (χ1v) is 6.69. The zero-order valence-corrected chi connectivity index (χ0v) is 10.8. The van der Waals surface area contributed by atoms with Crippen molar-refractivity contribution in [1.82, 2.24) is 5.32 Å². The Hall–Kier alpha value is -1.22. The van der Waals surface area contributed by atoms with Crippen molar-refractivity contribution in [3.8, 4) is 0 Å². The highest BCUT2D eigenvalue weighted by Crippen LogP contribution is 2.37. The van der Waals surface area contributed by atoms with Crippen LogP contribution in [-0.4, -0.2) is 18.9 Å². The minimum Gasteiger partial charge on any atom is -0.317 e. The second kappa shape index (κ2) is 5.61. The van der Waals surface area contributed by atoms with Crippen LogP contribution < -0.4 is 5.32 Å². The van der Waals surface area contributed by atoms with Gasteiger partial charge in [0.25, 0.3) is 0 Å². The zero-order valence-electron chi connectivity index (χ0n) is 10.8. The van der Waals surface area contributed by atoms with E-state index in [4.69, 9.17) is 0 Å². The van der Waals surface area contributed by atoms with Crippen molar-refractivity contribution in [2.24, 2.45) is 5.41 Å². The van der Waals surface area contributed by atoms with Crippen LogP contribution in [0.15, 0.2) is 24.3 Å². The van der Waals surface area contributed by atoms with Gasteiger partial charge in [0.2, 0.25) is 0 Å². The van der Waals surface area contributed by atoms with Gasteiger partial charge < -0.3 is 5.32 Å². The lowest BCUT2D eigenvalue weighted by atomic mass is 9.70. The molecule has 0 bridgehead atoms. The molecule has 3 heteroatoms. The molecule has 0 radical (unpaired) electrons. The van der Waals surface area contributed by atoms with Crippen molar-refractivity contribution >= 4 is 5.78 Å². The third-order valence-electron chi connectivity index (χ3n) is 3.88. The summed E-state index contributed by atoms with van der Waals surface area (Å²) in [5, 5.41) is 3.30. The molecule has 0 atom stereocenters. The summed E-state index contributed by atoms with van der Waals surface area (Å²) in [6.45, 7) is 3.90. The molecule has 2 nitrogen and oxygen atoms in total. The van der Waals surface area contributed by atoms with Crippen LogP contribution in [0.4, 0.5) is 4.39 Å². The normalized spacial score (nSPS) is 18.6. The lowest BCUT2D eigenvalue weighted by Gasteiger charge is -2.36. The molecular formula is C15H20FNO. The Kier molecular flexibility index (Phi) is 4.12. The second-order valence-corrected chi connectivity index (χ2v) is 5.12. The fourth-order valence-electron chi connectivity index (χ4n) is 2.88. The van der Waals surface area contributed by atoms with Crippen LogP contribution in [-0.2, 0) is 0 Å². The highest BCUT2D eigenvalue weighted by Gasteiger charge is 2.38. The van der Waals surface area contributed by atoms with Gasteiger partial charge >= 0.3 is 0 Å². The van der Waals surface area contributed by atoms with Crippen molar-refractivity contribution in [2.45, 2.75) is 32.6 Å². The molecule has 0 aromatic heterocycles.